The van der Waals surface area contributed by atoms with E-state index in [1.807, 2.05) is 0 Å². The number of primary amides is 2. The zero-order valence-electron chi connectivity index (χ0n) is 53.5. The van der Waals surface area contributed by atoms with E-state index in [-0.39, 0.29) is 70.4 Å². The van der Waals surface area contributed by atoms with Crippen LogP contribution in [0.2, 0.25) is 0 Å². The molecule has 0 bridgehead atoms. The van der Waals surface area contributed by atoms with Crippen molar-refractivity contribution in [1.29, 1.82) is 0 Å². The van der Waals surface area contributed by atoms with Crippen LogP contribution in [0.5, 0.6) is 0 Å². The number of nitrogens with one attached hydrogen (secondary N) is 11. The van der Waals surface area contributed by atoms with E-state index < -0.39 is 138 Å². The molecule has 2 radical (unpaired) electrons. The normalized spacial score (nSPS) is 14.1. The summed E-state index contributed by atoms with van der Waals surface area (Å²) < 4.78 is 0. The highest BCUT2D eigenvalue weighted by Gasteiger charge is 2.35. The Hall–Kier alpha value is -6.66. The van der Waals surface area contributed by atoms with Gasteiger partial charge in [-0.3, -0.25) is 57.5 Å². The lowest BCUT2D eigenvalue weighted by Crippen LogP contribution is -2.61. The molecule has 12 amide bonds. The van der Waals surface area contributed by atoms with Crippen molar-refractivity contribution in [2.24, 2.45) is 28.9 Å². The Morgan fingerprint density at radius 3 is 1.34 bits per heavy atom. The maximum atomic E-state index is 14.2. The smallest absolute Gasteiger partial charge is 0.326 e. The maximum Gasteiger partial charge on any atom is 0.326 e. The molecule has 0 aliphatic rings. The zero-order chi connectivity index (χ0) is 67.3. The van der Waals surface area contributed by atoms with E-state index in [9.17, 15) is 67.4 Å². The van der Waals surface area contributed by atoms with Gasteiger partial charge in [0.1, 0.15) is 54.4 Å². The number of carbonyl (C=O) groups excluding carboxylic acids is 12. The molecule has 0 fully saturated rings. The van der Waals surface area contributed by atoms with Crippen LogP contribution < -0.4 is 81.4 Å². The molecule has 0 aliphatic heterocycles. The molecule has 0 saturated carbocycles. The Morgan fingerprint density at radius 2 is 0.876 bits per heavy atom. The van der Waals surface area contributed by atoms with E-state index >= 15 is 0 Å². The fourth-order valence-corrected chi connectivity index (χ4v) is 9.49. The van der Waals surface area contributed by atoms with Crippen LogP contribution in [0.1, 0.15) is 189 Å². The van der Waals surface area contributed by atoms with Crippen LogP contribution in [0.15, 0.2) is 0 Å². The standard InChI is InChI=1S/C59H107N15O14S/c1-8-9-10-11-12-13-14-15-16-17-18-27-48(77)65-36-49(78)68-40(26-23-33-64-6)53(81)71-43(30-34-89-7)55(83)70-42(25-20-22-32-61)56(84)74-50(37(2)3)58(86)67-39(5)51(79)69-41(24-19-21-31-60)54(82)73-45(35-47(63)76)57(85)66-38(4)52(80)72-44(59(87)88)28-29-46(62)75/h37-45,50,64H,8-35,60-61H2,1-7H3,(H2,62,75)(H2,63,76)(H,65,77)(H,66,85)(H,67,86)(H,68,78)(H,69,79)(H,70,83)(H,71,81)(H,72,80)(H,73,82)(H,74,84)(H,87,88)/t38-,39-,40-,41-,42-,43-,44-,45-,50-/m0/s1. The number of aliphatic carboxylic acids is 1. The molecule has 30 heteroatoms. The number of carboxylic acid groups (broad SMARTS) is 1. The van der Waals surface area contributed by atoms with Gasteiger partial charge < -0.3 is 86.5 Å². The van der Waals surface area contributed by atoms with Gasteiger partial charge >= 0.3 is 5.97 Å². The van der Waals surface area contributed by atoms with Crippen LogP contribution in [0, 0.1) is 12.5 Å². The fourth-order valence-electron chi connectivity index (χ4n) is 9.01. The van der Waals surface area contributed by atoms with Crippen LogP contribution >= 0.6 is 11.8 Å². The quantitative estimate of drug-likeness (QED) is 0.0260. The lowest BCUT2D eigenvalue weighted by Gasteiger charge is -2.28. The molecule has 0 rings (SSSR count). The predicted octanol–water partition coefficient (Wildman–Crippen LogP) is -0.862. The van der Waals surface area contributed by atoms with E-state index in [1.165, 1.54) is 70.6 Å². The number of hydrogen-bond acceptors (Lipinski definition) is 17. The second kappa shape index (κ2) is 49.2. The van der Waals surface area contributed by atoms with Crippen molar-refractivity contribution >= 4 is 88.6 Å². The van der Waals surface area contributed by atoms with Gasteiger partial charge in [0.25, 0.3) is 5.91 Å². The first-order valence-electron chi connectivity index (χ1n) is 31.4. The van der Waals surface area contributed by atoms with Gasteiger partial charge in [-0.25, -0.2) is 4.79 Å². The molecule has 0 aliphatic carbocycles. The van der Waals surface area contributed by atoms with Crippen LogP contribution in [0.3, 0.4) is 0 Å². The minimum Gasteiger partial charge on any atom is -0.480 e. The Morgan fingerprint density at radius 1 is 0.449 bits per heavy atom. The summed E-state index contributed by atoms with van der Waals surface area (Å²) in [4.78, 5) is 171. The lowest BCUT2D eigenvalue weighted by molar-refractivity contribution is -0.142. The number of nitrogens with two attached hydrogens (primary N) is 4. The summed E-state index contributed by atoms with van der Waals surface area (Å²) in [5, 5.41) is 37.5. The van der Waals surface area contributed by atoms with Gasteiger partial charge in [-0.2, -0.15) is 11.8 Å². The van der Waals surface area contributed by atoms with Gasteiger partial charge in [-0.05, 0) is 129 Å². The first-order valence-corrected chi connectivity index (χ1v) is 32.8. The minimum atomic E-state index is -1.70. The number of rotatable bonds is 53. The Labute approximate surface area is 529 Å². The molecule has 0 aromatic heterocycles. The van der Waals surface area contributed by atoms with E-state index in [1.54, 1.807) is 27.2 Å². The van der Waals surface area contributed by atoms with Gasteiger partial charge in [0.05, 0.1) is 6.42 Å². The number of amides is 12. The number of hydrogen-bond donors (Lipinski definition) is 16. The highest BCUT2D eigenvalue weighted by atomic mass is 32.2. The Bertz CT molecular complexity index is 2210. The van der Waals surface area contributed by atoms with Gasteiger partial charge in [0.2, 0.25) is 65.0 Å². The number of unbranched alkanes of at least 4 members (excludes halogenated alkanes) is 12. The largest absolute Gasteiger partial charge is 0.480 e. The van der Waals surface area contributed by atoms with Crippen molar-refractivity contribution in [3.63, 3.8) is 0 Å². The molecule has 0 spiro atoms. The van der Waals surface area contributed by atoms with Crippen LogP contribution in [-0.2, 0) is 62.3 Å². The summed E-state index contributed by atoms with van der Waals surface area (Å²) in [6, 6.07) is -12.3. The molecular weight excluding hydrogens is 1170 g/mol. The average molecular weight is 1280 g/mol. The molecule has 0 aromatic rings. The number of carbonyl (C=O) groups is 13. The SMILES string of the molecule is CCCCCCCCCCCCCC(=O)N[C]C(=O)N[C@@H](CCCNC)C(=O)N[C@@H](CCSC)C(=O)N[C@@H](CCCCN)C(=O)N[C@H](C(=O)N[C@@H](C)C(=O)N[C@@H](CCCCN)C(=O)N[C@@H](CC(N)=O)C(=O)N[C@@H](C)C(=O)N[C@@H](CCC(N)=O)C(=O)O)C(C)C. The molecule has 29 nitrogen and oxygen atoms in total. The molecule has 20 N–H and O–H groups in total. The third kappa shape index (κ3) is 38.5. The van der Waals surface area contributed by atoms with Crippen molar-refractivity contribution in [3.8, 4) is 0 Å². The first-order chi connectivity index (χ1) is 42.3. The second-order valence-electron chi connectivity index (χ2n) is 22.6. The van der Waals surface area contributed by atoms with E-state index in [2.05, 4.69) is 72.0 Å². The monoisotopic (exact) mass is 1280 g/mol. The molecular formula is C59H107N15O14S. The summed E-state index contributed by atoms with van der Waals surface area (Å²) >= 11 is 1.40. The van der Waals surface area contributed by atoms with Crippen molar-refractivity contribution in [2.45, 2.75) is 243 Å². The molecule has 89 heavy (non-hydrogen) atoms. The topological polar surface area (TPSA) is 479 Å². The molecule has 0 unspecified atom stereocenters. The van der Waals surface area contributed by atoms with Crippen molar-refractivity contribution < 1.29 is 67.4 Å². The van der Waals surface area contributed by atoms with Gasteiger partial charge in [-0.15, -0.1) is 0 Å². The molecule has 508 valence electrons. The minimum absolute atomic E-state index is 0.0451. The van der Waals surface area contributed by atoms with Gasteiger partial charge in [0, 0.05) is 12.8 Å². The first kappa shape index (κ1) is 82.3. The highest BCUT2D eigenvalue weighted by Crippen LogP contribution is 2.14. The second-order valence-corrected chi connectivity index (χ2v) is 23.6. The maximum absolute atomic E-state index is 14.2. The summed E-state index contributed by atoms with van der Waals surface area (Å²) in [6.45, 7) is 11.3. The molecule has 9 atom stereocenters. The third-order valence-electron chi connectivity index (χ3n) is 14.4. The van der Waals surface area contributed by atoms with Gasteiger partial charge in [-0.1, -0.05) is 85.0 Å². The predicted molar refractivity (Wildman–Crippen MR) is 338 cm³/mol. The average Bonchev–Trinajstić information content (AvgIpc) is 3.65. The highest BCUT2D eigenvalue weighted by molar-refractivity contribution is 7.98. The molecule has 0 aromatic carbocycles. The van der Waals surface area contributed by atoms with Crippen LogP contribution in [-0.4, -0.2) is 175 Å². The van der Waals surface area contributed by atoms with Crippen molar-refractivity contribution in [3.05, 3.63) is 6.54 Å². The molecule has 0 heterocycles. The third-order valence-corrected chi connectivity index (χ3v) is 15.0. The lowest BCUT2D eigenvalue weighted by atomic mass is 10.0. The zero-order valence-corrected chi connectivity index (χ0v) is 54.4. The van der Waals surface area contributed by atoms with E-state index in [4.69, 9.17) is 22.9 Å². The Kier molecular flexibility index (Phi) is 45.5. The van der Waals surface area contributed by atoms with Crippen LogP contribution in [0.25, 0.3) is 0 Å². The summed E-state index contributed by atoms with van der Waals surface area (Å²) in [7, 11) is 1.73. The van der Waals surface area contributed by atoms with E-state index in [0.717, 1.165) is 19.3 Å². The van der Waals surface area contributed by atoms with Gasteiger partial charge in [0.15, 0.2) is 6.54 Å². The van der Waals surface area contributed by atoms with Crippen molar-refractivity contribution in [1.82, 2.24) is 58.5 Å². The summed E-state index contributed by atoms with van der Waals surface area (Å²) in [6.07, 6.45) is 15.1. The molecule has 0 saturated heterocycles. The van der Waals surface area contributed by atoms with Crippen molar-refractivity contribution in [2.75, 3.05) is 38.7 Å². The fraction of sp³-hybridized carbons (Fsp3) is 0.763. The number of thioether (sulfide) groups is 1. The Balaban J connectivity index is 6.17. The summed E-state index contributed by atoms with van der Waals surface area (Å²) in [5.41, 5.74) is 22.0. The summed E-state index contributed by atoms with van der Waals surface area (Å²) in [5.74, 6) is -11.7. The number of carboxylic acids is 1. The van der Waals surface area contributed by atoms with Crippen LogP contribution in [0.4, 0.5) is 0 Å². The van der Waals surface area contributed by atoms with E-state index in [0.29, 0.717) is 44.4 Å².